The van der Waals surface area contributed by atoms with Crippen molar-refractivity contribution in [3.8, 4) is 0 Å². The van der Waals surface area contributed by atoms with Gasteiger partial charge in [-0.3, -0.25) is 4.79 Å². The molecule has 1 aliphatic rings. The molecule has 0 saturated heterocycles. The van der Waals surface area contributed by atoms with Crippen molar-refractivity contribution in [2.75, 3.05) is 20.8 Å². The normalized spacial score (nSPS) is 23.0. The van der Waals surface area contributed by atoms with E-state index in [1.54, 1.807) is 18.2 Å². The third-order valence-electron chi connectivity index (χ3n) is 4.31. The fourth-order valence-electron chi connectivity index (χ4n) is 3.14. The molecule has 6 heteroatoms. The number of carbonyl (C=O) groups is 2. The van der Waals surface area contributed by atoms with Gasteiger partial charge in [0.25, 0.3) is 0 Å². The molecule has 3 N–H and O–H groups in total. The highest BCUT2D eigenvalue weighted by atomic mass is 16.5. The summed E-state index contributed by atoms with van der Waals surface area (Å²) in [4.78, 5) is 23.9. The van der Waals surface area contributed by atoms with E-state index in [1.807, 2.05) is 0 Å². The van der Waals surface area contributed by atoms with Crippen LogP contribution in [0.2, 0.25) is 0 Å². The van der Waals surface area contributed by atoms with Gasteiger partial charge in [-0.25, -0.2) is 4.79 Å². The number of methoxy groups -OCH3 is 2. The van der Waals surface area contributed by atoms with Crippen molar-refractivity contribution >= 4 is 11.9 Å². The van der Waals surface area contributed by atoms with Gasteiger partial charge in [-0.2, -0.15) is 0 Å². The van der Waals surface area contributed by atoms with Gasteiger partial charge in [0, 0.05) is 0 Å². The van der Waals surface area contributed by atoms with Crippen molar-refractivity contribution in [2.24, 2.45) is 11.1 Å². The third-order valence-corrected chi connectivity index (χ3v) is 4.31. The van der Waals surface area contributed by atoms with Crippen LogP contribution in [0.1, 0.15) is 40.4 Å². The van der Waals surface area contributed by atoms with Gasteiger partial charge >= 0.3 is 11.9 Å². The maximum Gasteiger partial charge on any atom is 0.337 e. The summed E-state index contributed by atoms with van der Waals surface area (Å²) in [6.07, 6.45) is 0.387. The van der Waals surface area contributed by atoms with Crippen molar-refractivity contribution in [1.82, 2.24) is 0 Å². The number of aliphatic hydroxyl groups is 1. The maximum absolute atomic E-state index is 12.3. The number of fused-ring (bicyclic) bond motifs is 1. The van der Waals surface area contributed by atoms with Crippen molar-refractivity contribution in [2.45, 2.75) is 25.4 Å². The lowest BCUT2D eigenvalue weighted by atomic mass is 9.78. The summed E-state index contributed by atoms with van der Waals surface area (Å²) >= 11 is 0. The molecular formula is C16H21NO5. The van der Waals surface area contributed by atoms with Gasteiger partial charge in [-0.1, -0.05) is 6.07 Å². The van der Waals surface area contributed by atoms with Gasteiger partial charge in [0.1, 0.15) is 5.41 Å². The van der Waals surface area contributed by atoms with Crippen LogP contribution in [-0.4, -0.2) is 37.8 Å². The van der Waals surface area contributed by atoms with E-state index in [1.165, 1.54) is 14.2 Å². The van der Waals surface area contributed by atoms with Gasteiger partial charge < -0.3 is 20.3 Å². The van der Waals surface area contributed by atoms with Crippen LogP contribution >= 0.6 is 0 Å². The highest BCUT2D eigenvalue weighted by Gasteiger charge is 2.51. The molecule has 6 nitrogen and oxygen atoms in total. The molecule has 2 rings (SSSR count). The fourth-order valence-corrected chi connectivity index (χ4v) is 3.14. The molecule has 2 unspecified atom stereocenters. The summed E-state index contributed by atoms with van der Waals surface area (Å²) in [5.74, 6) is -0.904. The molecule has 0 saturated carbocycles. The van der Waals surface area contributed by atoms with E-state index in [9.17, 15) is 14.7 Å². The SMILES string of the molecule is COC(=O)c1ccc2c(c1)CC(CCCN)(C(=O)OC)C2O. The monoisotopic (exact) mass is 307 g/mol. The zero-order chi connectivity index (χ0) is 16.3. The molecule has 0 aromatic heterocycles. The Labute approximate surface area is 129 Å². The molecule has 1 aromatic carbocycles. The molecule has 0 heterocycles. The predicted molar refractivity (Wildman–Crippen MR) is 79.2 cm³/mol. The first-order valence-electron chi connectivity index (χ1n) is 7.18. The smallest absolute Gasteiger partial charge is 0.337 e. The summed E-state index contributed by atoms with van der Waals surface area (Å²) < 4.78 is 9.60. The van der Waals surface area contributed by atoms with Crippen LogP contribution in [0.3, 0.4) is 0 Å². The van der Waals surface area contributed by atoms with Crippen LogP contribution in [0.5, 0.6) is 0 Å². The Hall–Kier alpha value is -1.92. The van der Waals surface area contributed by atoms with Crippen LogP contribution in [-0.2, 0) is 20.7 Å². The fraction of sp³-hybridized carbons (Fsp3) is 0.500. The van der Waals surface area contributed by atoms with Crippen LogP contribution in [0.4, 0.5) is 0 Å². The number of esters is 2. The van der Waals surface area contributed by atoms with Crippen LogP contribution in [0.15, 0.2) is 18.2 Å². The quantitative estimate of drug-likeness (QED) is 0.786. The number of carbonyl (C=O) groups excluding carboxylic acids is 2. The molecule has 0 aliphatic heterocycles. The van der Waals surface area contributed by atoms with Crippen molar-refractivity contribution in [3.63, 3.8) is 0 Å². The summed E-state index contributed by atoms with van der Waals surface area (Å²) in [6, 6.07) is 4.92. The maximum atomic E-state index is 12.3. The lowest BCUT2D eigenvalue weighted by Gasteiger charge is -2.29. The highest BCUT2D eigenvalue weighted by molar-refractivity contribution is 5.90. The second-order valence-corrected chi connectivity index (χ2v) is 5.52. The first kappa shape index (κ1) is 16.5. The van der Waals surface area contributed by atoms with E-state index >= 15 is 0 Å². The van der Waals surface area contributed by atoms with Gasteiger partial charge in [0.05, 0.1) is 25.9 Å². The Bertz CT molecular complexity index is 586. The predicted octanol–water partition coefficient (Wildman–Crippen LogP) is 0.961. The molecule has 0 radical (unpaired) electrons. The number of aliphatic hydroxyl groups excluding tert-OH is 1. The average Bonchev–Trinajstić information content (AvgIpc) is 2.84. The summed E-state index contributed by atoms with van der Waals surface area (Å²) in [6.45, 7) is 0.426. The zero-order valence-electron chi connectivity index (χ0n) is 12.8. The van der Waals surface area contributed by atoms with Gasteiger partial charge in [0.15, 0.2) is 0 Å². The molecule has 0 bridgehead atoms. The second kappa shape index (κ2) is 6.46. The Morgan fingerprint density at radius 1 is 1.36 bits per heavy atom. The Morgan fingerprint density at radius 3 is 2.68 bits per heavy atom. The van der Waals surface area contributed by atoms with E-state index in [0.717, 1.165) is 5.56 Å². The van der Waals surface area contributed by atoms with Crippen LogP contribution in [0, 0.1) is 5.41 Å². The van der Waals surface area contributed by atoms with Crippen molar-refractivity contribution in [3.05, 3.63) is 34.9 Å². The highest BCUT2D eigenvalue weighted by Crippen LogP contribution is 2.49. The standard InChI is InChI=1S/C16H21NO5/c1-21-14(19)10-4-5-12-11(8-10)9-16(13(12)18,6-3-7-17)15(20)22-2/h4-5,8,13,18H,3,6-7,9,17H2,1-2H3. The first-order valence-corrected chi connectivity index (χ1v) is 7.18. The minimum Gasteiger partial charge on any atom is -0.468 e. The number of hydrogen-bond acceptors (Lipinski definition) is 6. The summed E-state index contributed by atoms with van der Waals surface area (Å²) in [5.41, 5.74) is 6.31. The van der Waals surface area contributed by atoms with Gasteiger partial charge in [-0.15, -0.1) is 0 Å². The van der Waals surface area contributed by atoms with E-state index < -0.39 is 23.5 Å². The van der Waals surface area contributed by atoms with Gasteiger partial charge in [0.2, 0.25) is 0 Å². The molecule has 1 aromatic rings. The molecule has 22 heavy (non-hydrogen) atoms. The molecule has 0 fully saturated rings. The minimum atomic E-state index is -1.04. The van der Waals surface area contributed by atoms with Gasteiger partial charge in [-0.05, 0) is 49.1 Å². The molecule has 120 valence electrons. The van der Waals surface area contributed by atoms with Crippen molar-refractivity contribution in [1.29, 1.82) is 0 Å². The van der Waals surface area contributed by atoms with Crippen molar-refractivity contribution < 1.29 is 24.2 Å². The lowest BCUT2D eigenvalue weighted by molar-refractivity contribution is -0.160. The molecule has 1 aliphatic carbocycles. The van der Waals surface area contributed by atoms with E-state index in [4.69, 9.17) is 15.2 Å². The zero-order valence-corrected chi connectivity index (χ0v) is 12.8. The molecule has 0 spiro atoms. The molecule has 0 amide bonds. The Balaban J connectivity index is 2.40. The largest absolute Gasteiger partial charge is 0.468 e. The second-order valence-electron chi connectivity index (χ2n) is 5.52. The third kappa shape index (κ3) is 2.60. The summed E-state index contributed by atoms with van der Waals surface area (Å²) in [5, 5.41) is 10.6. The Kier molecular flexibility index (Phi) is 4.83. The van der Waals surface area contributed by atoms with E-state index in [0.29, 0.717) is 36.9 Å². The number of benzene rings is 1. The average molecular weight is 307 g/mol. The topological polar surface area (TPSA) is 98.9 Å². The number of hydrogen-bond donors (Lipinski definition) is 2. The number of nitrogens with two attached hydrogens (primary N) is 1. The van der Waals surface area contributed by atoms with E-state index in [2.05, 4.69) is 0 Å². The Morgan fingerprint density at radius 2 is 2.09 bits per heavy atom. The van der Waals surface area contributed by atoms with Crippen LogP contribution in [0.25, 0.3) is 0 Å². The van der Waals surface area contributed by atoms with E-state index in [-0.39, 0.29) is 0 Å². The first-order chi connectivity index (χ1) is 10.5. The lowest BCUT2D eigenvalue weighted by Crippen LogP contribution is -2.37. The minimum absolute atomic E-state index is 0.320. The molecular weight excluding hydrogens is 286 g/mol. The summed E-state index contributed by atoms with van der Waals surface area (Å²) in [7, 11) is 2.62. The molecule has 2 atom stereocenters. The van der Waals surface area contributed by atoms with Crippen LogP contribution < -0.4 is 5.73 Å². The number of rotatable bonds is 5. The number of ether oxygens (including phenoxy) is 2.